The van der Waals surface area contributed by atoms with Gasteiger partial charge in [0.1, 0.15) is 5.00 Å². The fraction of sp³-hybridized carbons (Fsp3) is 0.333. The lowest BCUT2D eigenvalue weighted by Gasteiger charge is -2.23. The Morgan fingerprint density at radius 3 is 2.35 bits per heavy atom. The van der Waals surface area contributed by atoms with Crippen molar-refractivity contribution in [1.82, 2.24) is 0 Å². The second-order valence-corrected chi connectivity index (χ2v) is 7.58. The zero-order chi connectivity index (χ0) is 17.2. The molecule has 2 rings (SSSR count). The highest BCUT2D eigenvalue weighted by Gasteiger charge is 2.30. The Hall–Kier alpha value is -2.14. The maximum atomic E-state index is 12.7. The number of nitrogens with two attached hydrogens (primary N) is 1. The molecule has 1 heterocycles. The lowest BCUT2D eigenvalue weighted by molar-refractivity contribution is -0.123. The van der Waals surface area contributed by atoms with Gasteiger partial charge in [-0.3, -0.25) is 9.59 Å². The van der Waals surface area contributed by atoms with Gasteiger partial charge in [0.15, 0.2) is 0 Å². The molecule has 0 aliphatic heterocycles. The third-order valence-electron chi connectivity index (χ3n) is 3.96. The number of hydrogen-bond donors (Lipinski definition) is 2. The molecule has 3 N–H and O–H groups in total. The summed E-state index contributed by atoms with van der Waals surface area (Å²) in [7, 11) is 0. The van der Waals surface area contributed by atoms with Crippen LogP contribution in [0.15, 0.2) is 30.3 Å². The Morgan fingerprint density at radius 2 is 1.78 bits per heavy atom. The number of carbonyl (C=O) groups excluding carboxylic acids is 2. The number of carbonyl (C=O) groups is 2. The summed E-state index contributed by atoms with van der Waals surface area (Å²) >= 11 is 1.39. The molecule has 0 aliphatic rings. The molecule has 5 heteroatoms. The predicted octanol–water partition coefficient (Wildman–Crippen LogP) is 3.67. The standard InChI is InChI=1S/C18H22N2O2S/c1-11-12(2)23-16(14(11)15(19)21)20-17(22)18(3,4)10-13-8-6-5-7-9-13/h5-9H,10H2,1-4H3,(H2,19,21)(H,20,22). The summed E-state index contributed by atoms with van der Waals surface area (Å²) in [5.41, 5.74) is 7.20. The van der Waals surface area contributed by atoms with E-state index in [1.807, 2.05) is 58.0 Å². The van der Waals surface area contributed by atoms with Crippen LogP contribution in [-0.4, -0.2) is 11.8 Å². The van der Waals surface area contributed by atoms with Crippen LogP contribution in [0.4, 0.5) is 5.00 Å². The number of benzene rings is 1. The van der Waals surface area contributed by atoms with Gasteiger partial charge in [-0.25, -0.2) is 0 Å². The van der Waals surface area contributed by atoms with Crippen LogP contribution in [0.1, 0.15) is 40.2 Å². The van der Waals surface area contributed by atoms with Crippen molar-refractivity contribution < 1.29 is 9.59 Å². The molecule has 0 bridgehead atoms. The van der Waals surface area contributed by atoms with E-state index >= 15 is 0 Å². The minimum atomic E-state index is -0.595. The Morgan fingerprint density at radius 1 is 1.17 bits per heavy atom. The summed E-state index contributed by atoms with van der Waals surface area (Å²) in [6.45, 7) is 7.55. The Labute approximate surface area is 140 Å². The van der Waals surface area contributed by atoms with E-state index < -0.39 is 11.3 Å². The van der Waals surface area contributed by atoms with Gasteiger partial charge in [-0.1, -0.05) is 44.2 Å². The second kappa shape index (κ2) is 6.54. The van der Waals surface area contributed by atoms with Crippen LogP contribution in [0.25, 0.3) is 0 Å². The van der Waals surface area contributed by atoms with Gasteiger partial charge in [0.25, 0.3) is 5.91 Å². The topological polar surface area (TPSA) is 72.2 Å². The lowest BCUT2D eigenvalue weighted by atomic mass is 9.85. The largest absolute Gasteiger partial charge is 0.365 e. The van der Waals surface area contributed by atoms with Crippen molar-refractivity contribution in [3.05, 3.63) is 51.9 Å². The van der Waals surface area contributed by atoms with E-state index in [2.05, 4.69) is 5.32 Å². The summed E-state index contributed by atoms with van der Waals surface area (Å²) < 4.78 is 0. The summed E-state index contributed by atoms with van der Waals surface area (Å²) in [5, 5.41) is 3.43. The summed E-state index contributed by atoms with van der Waals surface area (Å²) in [4.78, 5) is 25.3. The van der Waals surface area contributed by atoms with Gasteiger partial charge >= 0.3 is 0 Å². The van der Waals surface area contributed by atoms with E-state index in [0.29, 0.717) is 17.0 Å². The molecule has 1 aromatic heterocycles. The van der Waals surface area contributed by atoms with Crippen molar-refractivity contribution in [2.75, 3.05) is 5.32 Å². The number of aryl methyl sites for hydroxylation is 1. The zero-order valence-electron chi connectivity index (χ0n) is 13.9. The molecule has 4 nitrogen and oxygen atoms in total. The molecule has 2 amide bonds. The van der Waals surface area contributed by atoms with Crippen molar-refractivity contribution in [3.8, 4) is 0 Å². The Bertz CT molecular complexity index is 733. The highest BCUT2D eigenvalue weighted by atomic mass is 32.1. The molecule has 1 aromatic carbocycles. The molecule has 0 fully saturated rings. The maximum Gasteiger partial charge on any atom is 0.251 e. The first kappa shape index (κ1) is 17.2. The first-order valence-corrected chi connectivity index (χ1v) is 8.29. The summed E-state index contributed by atoms with van der Waals surface area (Å²) in [6.07, 6.45) is 0.620. The average molecular weight is 330 g/mol. The molecular weight excluding hydrogens is 308 g/mol. The van der Waals surface area contributed by atoms with E-state index in [1.54, 1.807) is 0 Å². The number of primary amides is 1. The quantitative estimate of drug-likeness (QED) is 0.878. The van der Waals surface area contributed by atoms with Crippen LogP contribution in [0.2, 0.25) is 0 Å². The highest BCUT2D eigenvalue weighted by Crippen LogP contribution is 2.34. The van der Waals surface area contributed by atoms with Crippen molar-refractivity contribution >= 4 is 28.2 Å². The van der Waals surface area contributed by atoms with E-state index in [9.17, 15) is 9.59 Å². The van der Waals surface area contributed by atoms with Crippen LogP contribution in [0, 0.1) is 19.3 Å². The van der Waals surface area contributed by atoms with Crippen molar-refractivity contribution in [1.29, 1.82) is 0 Å². The first-order valence-electron chi connectivity index (χ1n) is 7.47. The molecule has 0 atom stereocenters. The van der Waals surface area contributed by atoms with Crippen LogP contribution in [-0.2, 0) is 11.2 Å². The molecule has 0 saturated carbocycles. The number of hydrogen-bond acceptors (Lipinski definition) is 3. The molecule has 0 radical (unpaired) electrons. The average Bonchev–Trinajstić information content (AvgIpc) is 2.74. The number of anilines is 1. The van der Waals surface area contributed by atoms with Crippen LogP contribution >= 0.6 is 11.3 Å². The molecule has 0 saturated heterocycles. The molecule has 2 aromatic rings. The number of rotatable bonds is 5. The van der Waals surface area contributed by atoms with Gasteiger partial charge in [0.2, 0.25) is 5.91 Å². The second-order valence-electron chi connectivity index (χ2n) is 6.35. The van der Waals surface area contributed by atoms with Crippen molar-refractivity contribution in [3.63, 3.8) is 0 Å². The minimum Gasteiger partial charge on any atom is -0.365 e. The lowest BCUT2D eigenvalue weighted by Crippen LogP contribution is -2.33. The maximum absolute atomic E-state index is 12.7. The highest BCUT2D eigenvalue weighted by molar-refractivity contribution is 7.16. The Kier molecular flexibility index (Phi) is 4.90. The van der Waals surface area contributed by atoms with Gasteiger partial charge in [-0.05, 0) is 31.4 Å². The van der Waals surface area contributed by atoms with E-state index in [4.69, 9.17) is 5.73 Å². The molecule has 0 spiro atoms. The third-order valence-corrected chi connectivity index (χ3v) is 5.09. The number of nitrogens with one attached hydrogen (secondary N) is 1. The van der Waals surface area contributed by atoms with Gasteiger partial charge in [0.05, 0.1) is 5.56 Å². The molecule has 122 valence electrons. The van der Waals surface area contributed by atoms with Crippen LogP contribution < -0.4 is 11.1 Å². The van der Waals surface area contributed by atoms with Gasteiger partial charge in [-0.2, -0.15) is 0 Å². The SMILES string of the molecule is Cc1sc(NC(=O)C(C)(C)Cc2ccccc2)c(C(N)=O)c1C. The monoisotopic (exact) mass is 330 g/mol. The first-order chi connectivity index (χ1) is 10.7. The van der Waals surface area contributed by atoms with Crippen LogP contribution in [0.5, 0.6) is 0 Å². The van der Waals surface area contributed by atoms with E-state index in [1.165, 1.54) is 11.3 Å². The van der Waals surface area contributed by atoms with Gasteiger partial charge < -0.3 is 11.1 Å². The van der Waals surface area contributed by atoms with E-state index in [0.717, 1.165) is 16.0 Å². The Balaban J connectivity index is 2.21. The van der Waals surface area contributed by atoms with E-state index in [-0.39, 0.29) is 5.91 Å². The van der Waals surface area contributed by atoms with Crippen molar-refractivity contribution in [2.45, 2.75) is 34.1 Å². The van der Waals surface area contributed by atoms with Crippen molar-refractivity contribution in [2.24, 2.45) is 11.1 Å². The normalized spacial score (nSPS) is 11.3. The van der Waals surface area contributed by atoms with Gasteiger partial charge in [-0.15, -0.1) is 11.3 Å². The summed E-state index contributed by atoms with van der Waals surface area (Å²) in [6, 6.07) is 9.88. The fourth-order valence-corrected chi connectivity index (χ4v) is 3.53. The number of thiophene rings is 1. The molecular formula is C18H22N2O2S. The predicted molar refractivity (Wildman–Crippen MR) is 94.9 cm³/mol. The molecule has 23 heavy (non-hydrogen) atoms. The smallest absolute Gasteiger partial charge is 0.251 e. The zero-order valence-corrected chi connectivity index (χ0v) is 14.7. The fourth-order valence-electron chi connectivity index (χ4n) is 2.47. The van der Waals surface area contributed by atoms with Crippen LogP contribution in [0.3, 0.4) is 0 Å². The third kappa shape index (κ3) is 3.79. The number of amides is 2. The van der Waals surface area contributed by atoms with Gasteiger partial charge in [0, 0.05) is 10.3 Å². The minimum absolute atomic E-state index is 0.120. The molecule has 0 aliphatic carbocycles. The molecule has 0 unspecified atom stereocenters. The summed E-state index contributed by atoms with van der Waals surface area (Å²) in [5.74, 6) is -0.631.